The van der Waals surface area contributed by atoms with Crippen LogP contribution in [0.25, 0.3) is 22.1 Å². The van der Waals surface area contributed by atoms with Gasteiger partial charge in [0.05, 0.1) is 21.3 Å². The van der Waals surface area contributed by atoms with E-state index in [9.17, 15) is 26.4 Å². The van der Waals surface area contributed by atoms with E-state index in [0.717, 1.165) is 16.2 Å². The van der Waals surface area contributed by atoms with E-state index in [-0.39, 0.29) is 65.1 Å². The molecule has 0 aliphatic carbocycles. The summed E-state index contributed by atoms with van der Waals surface area (Å²) in [7, 11) is -0.150. The molecule has 1 aromatic heterocycles. The number of nitrogens with zero attached hydrogens (tertiary/aromatic N) is 3. The standard InChI is InChI=1S/C28H27F3N4O7S/c1-39-20-8-5-9-21(40-2)25(20)43(37,38)33-26-24-22(41-3)15-18(16-23(24)42-32-26)17-6-4-7-19(14-17)34-10-12-35(13-11-34)27(36)28(29,30)31/h4-9,14-16H,10-13H2,1-3H3,(H,32,33). The molecule has 0 radical (unpaired) electrons. The van der Waals surface area contributed by atoms with Gasteiger partial charge in [0, 0.05) is 31.9 Å². The van der Waals surface area contributed by atoms with Gasteiger partial charge < -0.3 is 28.5 Å². The van der Waals surface area contributed by atoms with E-state index in [1.165, 1.54) is 33.5 Å². The van der Waals surface area contributed by atoms with Gasteiger partial charge in [-0.3, -0.25) is 9.52 Å². The van der Waals surface area contributed by atoms with Gasteiger partial charge in [-0.1, -0.05) is 23.4 Å². The molecule has 228 valence electrons. The second-order valence-electron chi connectivity index (χ2n) is 9.51. The minimum atomic E-state index is -4.90. The van der Waals surface area contributed by atoms with Crippen LogP contribution in [0.2, 0.25) is 0 Å². The number of anilines is 2. The Hall–Kier alpha value is -4.66. The van der Waals surface area contributed by atoms with Crippen molar-refractivity contribution in [2.75, 3.05) is 57.1 Å². The summed E-state index contributed by atoms with van der Waals surface area (Å²) in [6, 6.07) is 15.3. The Morgan fingerprint density at radius 3 is 2.12 bits per heavy atom. The van der Waals surface area contributed by atoms with E-state index < -0.39 is 22.1 Å². The zero-order valence-electron chi connectivity index (χ0n) is 23.3. The number of nitrogens with one attached hydrogen (secondary N) is 1. The Balaban J connectivity index is 1.43. The fourth-order valence-corrected chi connectivity index (χ4v) is 6.25. The first-order chi connectivity index (χ1) is 20.5. The third-order valence-corrected chi connectivity index (χ3v) is 8.40. The van der Waals surface area contributed by atoms with Crippen molar-refractivity contribution in [2.45, 2.75) is 11.1 Å². The summed E-state index contributed by atoms with van der Waals surface area (Å²) < 4.78 is 89.3. The predicted molar refractivity (Wildman–Crippen MR) is 151 cm³/mol. The topological polar surface area (TPSA) is 123 Å². The van der Waals surface area contributed by atoms with Crippen molar-refractivity contribution in [3.8, 4) is 28.4 Å². The third kappa shape index (κ3) is 5.84. The summed E-state index contributed by atoms with van der Waals surface area (Å²) in [6.07, 6.45) is -4.90. The molecule has 3 aromatic carbocycles. The van der Waals surface area contributed by atoms with Crippen molar-refractivity contribution in [3.63, 3.8) is 0 Å². The number of aromatic nitrogens is 1. The van der Waals surface area contributed by atoms with Crippen molar-refractivity contribution in [2.24, 2.45) is 0 Å². The smallest absolute Gasteiger partial charge is 0.471 e. The second-order valence-corrected chi connectivity index (χ2v) is 11.1. The number of piperazine rings is 1. The molecule has 5 rings (SSSR count). The summed E-state index contributed by atoms with van der Waals surface area (Å²) in [4.78, 5) is 14.1. The summed E-state index contributed by atoms with van der Waals surface area (Å²) in [5.41, 5.74) is 2.40. The molecular weight excluding hydrogens is 593 g/mol. The van der Waals surface area contributed by atoms with Gasteiger partial charge in [0.25, 0.3) is 10.0 Å². The maximum absolute atomic E-state index is 13.4. The highest BCUT2D eigenvalue weighted by Gasteiger charge is 2.43. The lowest BCUT2D eigenvalue weighted by Gasteiger charge is -2.36. The number of fused-ring (bicyclic) bond motifs is 1. The first kappa shape index (κ1) is 29.8. The molecular formula is C28H27F3N4O7S. The van der Waals surface area contributed by atoms with Crippen LogP contribution in [0.4, 0.5) is 24.7 Å². The number of methoxy groups -OCH3 is 3. The third-order valence-electron chi connectivity index (χ3n) is 6.99. The van der Waals surface area contributed by atoms with Crippen LogP contribution >= 0.6 is 0 Å². The number of amides is 1. The number of sulfonamides is 1. The molecule has 15 heteroatoms. The number of benzene rings is 3. The van der Waals surface area contributed by atoms with Crippen molar-refractivity contribution < 1.29 is 45.1 Å². The van der Waals surface area contributed by atoms with Crippen molar-refractivity contribution >= 4 is 38.4 Å². The van der Waals surface area contributed by atoms with E-state index in [4.69, 9.17) is 18.7 Å². The van der Waals surface area contributed by atoms with Crippen LogP contribution in [0.1, 0.15) is 0 Å². The van der Waals surface area contributed by atoms with Crippen LogP contribution in [-0.2, 0) is 14.8 Å². The minimum Gasteiger partial charge on any atom is -0.496 e. The SMILES string of the molecule is COc1cccc(OC)c1S(=O)(=O)Nc1noc2cc(-c3cccc(N4CCN(C(=O)C(F)(F)F)CC4)c3)cc(OC)c12. The van der Waals surface area contributed by atoms with E-state index in [1.807, 2.05) is 23.1 Å². The fourth-order valence-electron chi connectivity index (χ4n) is 4.92. The van der Waals surface area contributed by atoms with Gasteiger partial charge in [-0.15, -0.1) is 0 Å². The number of rotatable bonds is 8. The number of ether oxygens (including phenoxy) is 3. The lowest BCUT2D eigenvalue weighted by atomic mass is 10.0. The fraction of sp³-hybridized carbons (Fsp3) is 0.286. The van der Waals surface area contributed by atoms with E-state index >= 15 is 0 Å². The molecule has 1 amide bonds. The molecule has 1 saturated heterocycles. The molecule has 0 saturated carbocycles. The number of hydrogen-bond acceptors (Lipinski definition) is 9. The molecule has 43 heavy (non-hydrogen) atoms. The highest BCUT2D eigenvalue weighted by Crippen LogP contribution is 2.40. The summed E-state index contributed by atoms with van der Waals surface area (Å²) in [6.45, 7) is 0.353. The number of carbonyl (C=O) groups is 1. The monoisotopic (exact) mass is 620 g/mol. The summed E-state index contributed by atoms with van der Waals surface area (Å²) in [5.74, 6) is -1.52. The van der Waals surface area contributed by atoms with Crippen molar-refractivity contribution in [1.82, 2.24) is 10.1 Å². The highest BCUT2D eigenvalue weighted by atomic mass is 32.2. The van der Waals surface area contributed by atoms with Gasteiger partial charge in [0.15, 0.2) is 16.3 Å². The van der Waals surface area contributed by atoms with E-state index in [1.54, 1.807) is 24.3 Å². The van der Waals surface area contributed by atoms with Crippen LogP contribution in [0.3, 0.4) is 0 Å². The van der Waals surface area contributed by atoms with Crippen LogP contribution in [-0.4, -0.2) is 78.1 Å². The first-order valence-corrected chi connectivity index (χ1v) is 14.4. The number of carbonyl (C=O) groups excluding carboxylic acids is 1. The minimum absolute atomic E-state index is 0.0557. The average Bonchev–Trinajstić information content (AvgIpc) is 3.41. The van der Waals surface area contributed by atoms with Crippen LogP contribution < -0.4 is 23.8 Å². The molecule has 0 spiro atoms. The van der Waals surface area contributed by atoms with Gasteiger partial charge in [0.1, 0.15) is 22.6 Å². The van der Waals surface area contributed by atoms with Crippen molar-refractivity contribution in [3.05, 3.63) is 54.6 Å². The van der Waals surface area contributed by atoms with Gasteiger partial charge in [-0.2, -0.15) is 13.2 Å². The molecule has 0 bridgehead atoms. The Kier molecular flexibility index (Phi) is 8.01. The molecule has 11 nitrogen and oxygen atoms in total. The van der Waals surface area contributed by atoms with Gasteiger partial charge >= 0.3 is 12.1 Å². The van der Waals surface area contributed by atoms with Gasteiger partial charge in [-0.05, 0) is 47.5 Å². The Morgan fingerprint density at radius 1 is 0.884 bits per heavy atom. The van der Waals surface area contributed by atoms with Crippen LogP contribution in [0, 0.1) is 0 Å². The Bertz CT molecular complexity index is 1750. The molecule has 0 atom stereocenters. The Labute approximate surface area is 244 Å². The largest absolute Gasteiger partial charge is 0.496 e. The normalized spacial score (nSPS) is 14.1. The lowest BCUT2D eigenvalue weighted by molar-refractivity contribution is -0.185. The molecule has 1 aliphatic heterocycles. The first-order valence-electron chi connectivity index (χ1n) is 12.9. The zero-order chi connectivity index (χ0) is 30.9. The maximum atomic E-state index is 13.4. The summed E-state index contributed by atoms with van der Waals surface area (Å²) in [5, 5.41) is 4.23. The lowest BCUT2D eigenvalue weighted by Crippen LogP contribution is -2.52. The summed E-state index contributed by atoms with van der Waals surface area (Å²) >= 11 is 0. The number of halogens is 3. The number of alkyl halides is 3. The van der Waals surface area contributed by atoms with Gasteiger partial charge in [-0.25, -0.2) is 8.42 Å². The maximum Gasteiger partial charge on any atom is 0.471 e. The van der Waals surface area contributed by atoms with Crippen LogP contribution in [0.5, 0.6) is 17.2 Å². The Morgan fingerprint density at radius 2 is 1.51 bits per heavy atom. The van der Waals surface area contributed by atoms with Crippen LogP contribution in [0.15, 0.2) is 64.0 Å². The molecule has 0 unspecified atom stereocenters. The number of hydrogen-bond donors (Lipinski definition) is 1. The second kappa shape index (κ2) is 11.6. The predicted octanol–water partition coefficient (Wildman–Crippen LogP) is 4.53. The molecule has 1 N–H and O–H groups in total. The molecule has 4 aromatic rings. The van der Waals surface area contributed by atoms with E-state index in [0.29, 0.717) is 5.56 Å². The van der Waals surface area contributed by atoms with Crippen molar-refractivity contribution in [1.29, 1.82) is 0 Å². The van der Waals surface area contributed by atoms with Gasteiger partial charge in [0.2, 0.25) is 0 Å². The average molecular weight is 621 g/mol. The van der Waals surface area contributed by atoms with E-state index in [2.05, 4.69) is 9.88 Å². The molecule has 1 aliphatic rings. The molecule has 1 fully saturated rings. The highest BCUT2D eigenvalue weighted by molar-refractivity contribution is 7.93. The molecule has 2 heterocycles. The quantitative estimate of drug-likeness (QED) is 0.303. The zero-order valence-corrected chi connectivity index (χ0v) is 24.1.